The van der Waals surface area contributed by atoms with E-state index in [2.05, 4.69) is 20.9 Å². The Morgan fingerprint density at radius 1 is 1.10 bits per heavy atom. The van der Waals surface area contributed by atoms with Crippen LogP contribution in [0.3, 0.4) is 0 Å². The molecule has 1 aliphatic heterocycles. The third-order valence-electron chi connectivity index (χ3n) is 4.28. The Kier molecular flexibility index (Phi) is 9.96. The SMILES string of the molecule is CCOc1cc(NC(=S)NCCCN2CCOCC2)c(OCC)cc1NC(C)=O. The molecule has 9 heteroatoms. The maximum absolute atomic E-state index is 11.5. The first-order valence-electron chi connectivity index (χ1n) is 10.1. The maximum Gasteiger partial charge on any atom is 0.221 e. The highest BCUT2D eigenvalue weighted by Gasteiger charge is 2.14. The van der Waals surface area contributed by atoms with Crippen molar-refractivity contribution in [3.8, 4) is 11.5 Å². The lowest BCUT2D eigenvalue weighted by molar-refractivity contribution is -0.114. The molecule has 0 aliphatic carbocycles. The van der Waals surface area contributed by atoms with Gasteiger partial charge in [0.25, 0.3) is 0 Å². The number of carbonyl (C=O) groups excluding carboxylic acids is 1. The number of benzene rings is 1. The number of rotatable bonds is 10. The lowest BCUT2D eigenvalue weighted by Crippen LogP contribution is -2.38. The van der Waals surface area contributed by atoms with Gasteiger partial charge in [-0.05, 0) is 39.0 Å². The molecule has 29 heavy (non-hydrogen) atoms. The van der Waals surface area contributed by atoms with Crippen molar-refractivity contribution >= 4 is 34.6 Å². The van der Waals surface area contributed by atoms with Crippen molar-refractivity contribution in [1.82, 2.24) is 10.2 Å². The Morgan fingerprint density at radius 2 is 1.69 bits per heavy atom. The summed E-state index contributed by atoms with van der Waals surface area (Å²) in [5.41, 5.74) is 1.26. The van der Waals surface area contributed by atoms with Crippen LogP contribution in [0.2, 0.25) is 0 Å². The van der Waals surface area contributed by atoms with E-state index in [-0.39, 0.29) is 5.91 Å². The molecule has 1 saturated heterocycles. The van der Waals surface area contributed by atoms with Crippen molar-refractivity contribution in [2.75, 3.05) is 63.2 Å². The van der Waals surface area contributed by atoms with Crippen LogP contribution in [0, 0.1) is 0 Å². The van der Waals surface area contributed by atoms with Crippen LogP contribution in [0.25, 0.3) is 0 Å². The topological polar surface area (TPSA) is 84.1 Å². The minimum atomic E-state index is -0.174. The first-order chi connectivity index (χ1) is 14.0. The van der Waals surface area contributed by atoms with Gasteiger partial charge in [0.05, 0.1) is 37.8 Å². The number of amides is 1. The smallest absolute Gasteiger partial charge is 0.221 e. The number of carbonyl (C=O) groups is 1. The van der Waals surface area contributed by atoms with Crippen LogP contribution >= 0.6 is 12.2 Å². The highest BCUT2D eigenvalue weighted by molar-refractivity contribution is 7.80. The van der Waals surface area contributed by atoms with E-state index in [1.54, 1.807) is 12.1 Å². The van der Waals surface area contributed by atoms with Gasteiger partial charge in [0.1, 0.15) is 11.5 Å². The van der Waals surface area contributed by atoms with E-state index < -0.39 is 0 Å². The summed E-state index contributed by atoms with van der Waals surface area (Å²) in [6.45, 7) is 11.6. The van der Waals surface area contributed by atoms with E-state index in [0.29, 0.717) is 41.2 Å². The minimum Gasteiger partial charge on any atom is -0.492 e. The molecular weight excluding hydrogens is 392 g/mol. The van der Waals surface area contributed by atoms with E-state index in [1.807, 2.05) is 13.8 Å². The van der Waals surface area contributed by atoms with Gasteiger partial charge in [-0.15, -0.1) is 0 Å². The number of hydrogen-bond donors (Lipinski definition) is 3. The van der Waals surface area contributed by atoms with E-state index in [0.717, 1.165) is 45.8 Å². The third kappa shape index (κ3) is 8.04. The fraction of sp³-hybridized carbons (Fsp3) is 0.600. The molecular formula is C20H32N4O4S. The third-order valence-corrected chi connectivity index (χ3v) is 4.53. The molecule has 1 fully saturated rings. The molecule has 0 atom stereocenters. The van der Waals surface area contributed by atoms with Gasteiger partial charge in [-0.2, -0.15) is 0 Å². The standard InChI is InChI=1S/C20H32N4O4S/c1-4-27-18-14-17(19(28-5-2)13-16(18)22-15(3)25)23-20(29)21-7-6-8-24-9-11-26-12-10-24/h13-14H,4-12H2,1-3H3,(H,22,25)(H2,21,23,29). The number of anilines is 2. The Labute approximate surface area is 178 Å². The average Bonchev–Trinajstić information content (AvgIpc) is 2.69. The van der Waals surface area contributed by atoms with Gasteiger partial charge in [0.15, 0.2) is 5.11 Å². The summed E-state index contributed by atoms with van der Waals surface area (Å²) < 4.78 is 16.8. The molecule has 0 bridgehead atoms. The summed E-state index contributed by atoms with van der Waals surface area (Å²) in [7, 11) is 0. The number of thiocarbonyl (C=S) groups is 1. The molecule has 2 rings (SSSR count). The van der Waals surface area contributed by atoms with Gasteiger partial charge >= 0.3 is 0 Å². The predicted octanol–water partition coefficient (Wildman–Crippen LogP) is 2.45. The van der Waals surface area contributed by atoms with Crippen molar-refractivity contribution in [3.63, 3.8) is 0 Å². The summed E-state index contributed by atoms with van der Waals surface area (Å²) in [5, 5.41) is 9.71. The van der Waals surface area contributed by atoms with Crippen molar-refractivity contribution in [2.24, 2.45) is 0 Å². The van der Waals surface area contributed by atoms with E-state index in [1.165, 1.54) is 6.92 Å². The van der Waals surface area contributed by atoms with Crippen LogP contribution in [0.1, 0.15) is 27.2 Å². The monoisotopic (exact) mass is 424 g/mol. The van der Waals surface area contributed by atoms with Gasteiger partial charge in [-0.25, -0.2) is 0 Å². The Bertz CT molecular complexity index is 681. The lowest BCUT2D eigenvalue weighted by Gasteiger charge is -2.26. The van der Waals surface area contributed by atoms with Gasteiger partial charge in [-0.3, -0.25) is 9.69 Å². The maximum atomic E-state index is 11.5. The number of hydrogen-bond acceptors (Lipinski definition) is 6. The number of nitrogens with zero attached hydrogens (tertiary/aromatic N) is 1. The highest BCUT2D eigenvalue weighted by atomic mass is 32.1. The normalized spacial score (nSPS) is 14.2. The van der Waals surface area contributed by atoms with Gasteiger partial charge in [-0.1, -0.05) is 0 Å². The summed E-state index contributed by atoms with van der Waals surface area (Å²) in [5.74, 6) is 0.979. The number of ether oxygens (including phenoxy) is 3. The molecule has 1 aromatic carbocycles. The van der Waals surface area contributed by atoms with Crippen molar-refractivity contribution in [2.45, 2.75) is 27.2 Å². The molecule has 0 radical (unpaired) electrons. The molecule has 1 aliphatic rings. The van der Waals surface area contributed by atoms with Gasteiger partial charge in [0, 0.05) is 38.7 Å². The van der Waals surface area contributed by atoms with Crippen LogP contribution in [-0.2, 0) is 9.53 Å². The molecule has 1 aromatic rings. The summed E-state index contributed by atoms with van der Waals surface area (Å²) in [6, 6.07) is 3.54. The zero-order valence-corrected chi connectivity index (χ0v) is 18.3. The van der Waals surface area contributed by atoms with E-state index >= 15 is 0 Å². The second-order valence-corrected chi connectivity index (χ2v) is 6.99. The molecule has 0 spiro atoms. The van der Waals surface area contributed by atoms with E-state index in [4.69, 9.17) is 26.4 Å². The molecule has 1 amide bonds. The molecule has 0 saturated carbocycles. The van der Waals surface area contributed by atoms with Crippen LogP contribution in [0.5, 0.6) is 11.5 Å². The Balaban J connectivity index is 1.96. The first kappa shape index (κ1) is 23.2. The fourth-order valence-corrected chi connectivity index (χ4v) is 3.20. The minimum absolute atomic E-state index is 0.174. The van der Waals surface area contributed by atoms with Crippen molar-refractivity contribution < 1.29 is 19.0 Å². The lowest BCUT2D eigenvalue weighted by atomic mass is 10.2. The van der Waals surface area contributed by atoms with Crippen LogP contribution in [0.4, 0.5) is 11.4 Å². The van der Waals surface area contributed by atoms with Crippen molar-refractivity contribution in [1.29, 1.82) is 0 Å². The second kappa shape index (κ2) is 12.5. The quantitative estimate of drug-likeness (QED) is 0.390. The summed E-state index contributed by atoms with van der Waals surface area (Å²) in [4.78, 5) is 13.9. The molecule has 3 N–H and O–H groups in total. The Hall–Kier alpha value is -2.10. The zero-order valence-electron chi connectivity index (χ0n) is 17.5. The van der Waals surface area contributed by atoms with Crippen molar-refractivity contribution in [3.05, 3.63) is 12.1 Å². The summed E-state index contributed by atoms with van der Waals surface area (Å²) in [6.07, 6.45) is 0.992. The zero-order chi connectivity index (χ0) is 21.1. The first-order valence-corrected chi connectivity index (χ1v) is 10.5. The van der Waals surface area contributed by atoms with Crippen LogP contribution in [-0.4, -0.2) is 68.5 Å². The number of morpholine rings is 1. The number of nitrogens with one attached hydrogen (secondary N) is 3. The van der Waals surface area contributed by atoms with Gasteiger partial charge < -0.3 is 30.2 Å². The van der Waals surface area contributed by atoms with Gasteiger partial charge in [0.2, 0.25) is 5.91 Å². The molecule has 162 valence electrons. The van der Waals surface area contributed by atoms with E-state index in [9.17, 15) is 4.79 Å². The second-order valence-electron chi connectivity index (χ2n) is 6.58. The molecule has 1 heterocycles. The Morgan fingerprint density at radius 3 is 2.24 bits per heavy atom. The average molecular weight is 425 g/mol. The largest absolute Gasteiger partial charge is 0.492 e. The van der Waals surface area contributed by atoms with Crippen LogP contribution < -0.4 is 25.4 Å². The molecule has 0 unspecified atom stereocenters. The molecule has 0 aromatic heterocycles. The highest BCUT2D eigenvalue weighted by Crippen LogP contribution is 2.37. The molecule has 8 nitrogen and oxygen atoms in total. The predicted molar refractivity (Wildman–Crippen MR) is 119 cm³/mol. The van der Waals surface area contributed by atoms with Crippen LogP contribution in [0.15, 0.2) is 12.1 Å². The fourth-order valence-electron chi connectivity index (χ4n) is 2.99. The summed E-state index contributed by atoms with van der Waals surface area (Å²) >= 11 is 5.44.